The van der Waals surface area contributed by atoms with E-state index < -0.39 is 0 Å². The Morgan fingerprint density at radius 1 is 1.31 bits per heavy atom. The number of benzene rings is 1. The van der Waals surface area contributed by atoms with E-state index in [0.29, 0.717) is 6.54 Å². The van der Waals surface area contributed by atoms with Gasteiger partial charge < -0.3 is 15.2 Å². The van der Waals surface area contributed by atoms with Crippen molar-refractivity contribution in [2.24, 2.45) is 5.73 Å². The van der Waals surface area contributed by atoms with Crippen LogP contribution in [-0.2, 0) is 6.42 Å². The summed E-state index contributed by atoms with van der Waals surface area (Å²) in [5, 5.41) is 2.52. The van der Waals surface area contributed by atoms with Crippen molar-refractivity contribution in [3.8, 4) is 23.2 Å². The predicted octanol–water partition coefficient (Wildman–Crippen LogP) is 1.89. The highest BCUT2D eigenvalue weighted by atomic mass is 32.2. The molecule has 0 radical (unpaired) electrons. The van der Waals surface area contributed by atoms with Gasteiger partial charge in [0.1, 0.15) is 11.5 Å². The lowest BCUT2D eigenvalue weighted by Gasteiger charge is -2.12. The summed E-state index contributed by atoms with van der Waals surface area (Å²) in [5.41, 5.74) is 6.57. The van der Waals surface area contributed by atoms with Crippen molar-refractivity contribution in [2.75, 3.05) is 20.8 Å². The van der Waals surface area contributed by atoms with Gasteiger partial charge in [-0.2, -0.15) is 0 Å². The van der Waals surface area contributed by atoms with Crippen LogP contribution >= 0.6 is 11.8 Å². The molecule has 1 aromatic carbocycles. The number of rotatable bonds is 5. The highest BCUT2D eigenvalue weighted by molar-refractivity contribution is 8.04. The zero-order chi connectivity index (χ0) is 12.0. The second-order valence-electron chi connectivity index (χ2n) is 3.07. The number of terminal acetylenes is 1. The quantitative estimate of drug-likeness (QED) is 0.627. The molecule has 1 aromatic rings. The van der Waals surface area contributed by atoms with E-state index in [1.54, 1.807) is 14.2 Å². The fraction of sp³-hybridized carbons (Fsp3) is 0.333. The van der Waals surface area contributed by atoms with Crippen LogP contribution < -0.4 is 15.2 Å². The normalized spacial score (nSPS) is 9.62. The SMILES string of the molecule is C#CSc1cc(OC)c(CCN)cc1OC. The fourth-order valence-corrected chi connectivity index (χ4v) is 1.96. The van der Waals surface area contributed by atoms with Crippen LogP contribution in [0.5, 0.6) is 11.5 Å². The Labute approximate surface area is 100 Å². The van der Waals surface area contributed by atoms with E-state index in [0.717, 1.165) is 28.4 Å². The molecule has 0 amide bonds. The maximum absolute atomic E-state index is 5.54. The van der Waals surface area contributed by atoms with Gasteiger partial charge in [0.25, 0.3) is 0 Å². The molecule has 0 aromatic heterocycles. The van der Waals surface area contributed by atoms with E-state index in [2.05, 4.69) is 5.25 Å². The Balaban J connectivity index is 3.18. The average Bonchev–Trinajstić information content (AvgIpc) is 2.31. The molecule has 0 saturated carbocycles. The van der Waals surface area contributed by atoms with E-state index in [9.17, 15) is 0 Å². The Morgan fingerprint density at radius 2 is 2.00 bits per heavy atom. The van der Waals surface area contributed by atoms with Crippen LogP contribution in [0.1, 0.15) is 5.56 Å². The molecule has 0 atom stereocenters. The fourth-order valence-electron chi connectivity index (χ4n) is 1.43. The van der Waals surface area contributed by atoms with Gasteiger partial charge in [-0.25, -0.2) is 0 Å². The number of ether oxygens (including phenoxy) is 2. The maximum atomic E-state index is 5.54. The molecular formula is C12H15NO2S. The third-order valence-corrected chi connectivity index (χ3v) is 2.81. The molecule has 0 aliphatic carbocycles. The van der Waals surface area contributed by atoms with Crippen molar-refractivity contribution in [2.45, 2.75) is 11.3 Å². The Kier molecular flexibility index (Phi) is 5.03. The van der Waals surface area contributed by atoms with Gasteiger partial charge in [-0.1, -0.05) is 0 Å². The molecule has 16 heavy (non-hydrogen) atoms. The molecule has 4 heteroatoms. The second-order valence-corrected chi connectivity index (χ2v) is 3.95. The van der Waals surface area contributed by atoms with Crippen LogP contribution in [0.2, 0.25) is 0 Å². The predicted molar refractivity (Wildman–Crippen MR) is 67.0 cm³/mol. The molecule has 0 heterocycles. The molecule has 0 aliphatic heterocycles. The summed E-state index contributed by atoms with van der Waals surface area (Å²) in [6.45, 7) is 0.571. The standard InChI is InChI=1S/C12H15NO2S/c1-4-16-12-8-10(14-2)9(5-6-13)7-11(12)15-3/h1,7-8H,5-6,13H2,2-3H3. The minimum Gasteiger partial charge on any atom is -0.496 e. The lowest BCUT2D eigenvalue weighted by atomic mass is 10.1. The molecule has 86 valence electrons. The molecule has 0 unspecified atom stereocenters. The van der Waals surface area contributed by atoms with Gasteiger partial charge in [-0.15, -0.1) is 6.42 Å². The number of nitrogens with two attached hydrogens (primary N) is 1. The molecule has 2 N–H and O–H groups in total. The highest BCUT2D eigenvalue weighted by Crippen LogP contribution is 2.35. The first-order valence-corrected chi connectivity index (χ1v) is 5.65. The van der Waals surface area contributed by atoms with Gasteiger partial charge in [-0.3, -0.25) is 0 Å². The van der Waals surface area contributed by atoms with Crippen molar-refractivity contribution in [3.05, 3.63) is 17.7 Å². The van der Waals surface area contributed by atoms with Crippen LogP contribution in [0.3, 0.4) is 0 Å². The summed E-state index contributed by atoms with van der Waals surface area (Å²) in [5.74, 6) is 1.55. The molecule has 0 spiro atoms. The topological polar surface area (TPSA) is 44.5 Å². The smallest absolute Gasteiger partial charge is 0.133 e. The Bertz CT molecular complexity index is 398. The monoisotopic (exact) mass is 237 g/mol. The summed E-state index contributed by atoms with van der Waals surface area (Å²) in [4.78, 5) is 0.877. The van der Waals surface area contributed by atoms with Gasteiger partial charge >= 0.3 is 0 Å². The van der Waals surface area contributed by atoms with E-state index in [1.165, 1.54) is 11.8 Å². The highest BCUT2D eigenvalue weighted by Gasteiger charge is 2.10. The van der Waals surface area contributed by atoms with Crippen LogP contribution in [0.15, 0.2) is 17.0 Å². The van der Waals surface area contributed by atoms with Crippen LogP contribution in [0.25, 0.3) is 0 Å². The summed E-state index contributed by atoms with van der Waals surface area (Å²) in [7, 11) is 3.25. The van der Waals surface area contributed by atoms with Gasteiger partial charge in [0.2, 0.25) is 0 Å². The van der Waals surface area contributed by atoms with E-state index in [1.807, 2.05) is 12.1 Å². The second kappa shape index (κ2) is 6.31. The molecule has 0 saturated heterocycles. The van der Waals surface area contributed by atoms with Crippen molar-refractivity contribution in [3.63, 3.8) is 0 Å². The van der Waals surface area contributed by atoms with Gasteiger partial charge in [0.05, 0.1) is 19.1 Å². The van der Waals surface area contributed by atoms with Crippen molar-refractivity contribution < 1.29 is 9.47 Å². The number of hydrogen-bond donors (Lipinski definition) is 1. The minimum absolute atomic E-state index is 0.571. The molecule has 0 bridgehead atoms. The summed E-state index contributed by atoms with van der Waals surface area (Å²) >= 11 is 1.27. The van der Waals surface area contributed by atoms with Gasteiger partial charge in [0.15, 0.2) is 0 Å². The van der Waals surface area contributed by atoms with E-state index >= 15 is 0 Å². The third kappa shape index (κ3) is 2.84. The summed E-state index contributed by atoms with van der Waals surface area (Å²) in [6, 6.07) is 3.81. The molecule has 3 nitrogen and oxygen atoms in total. The first kappa shape index (κ1) is 12.8. The Hall–Kier alpha value is -1.31. The van der Waals surface area contributed by atoms with E-state index in [-0.39, 0.29) is 0 Å². The van der Waals surface area contributed by atoms with Crippen molar-refractivity contribution in [1.82, 2.24) is 0 Å². The molecule has 0 fully saturated rings. The maximum Gasteiger partial charge on any atom is 0.133 e. The van der Waals surface area contributed by atoms with Gasteiger partial charge in [0, 0.05) is 0 Å². The van der Waals surface area contributed by atoms with Crippen LogP contribution in [-0.4, -0.2) is 20.8 Å². The zero-order valence-corrected chi connectivity index (χ0v) is 10.3. The average molecular weight is 237 g/mol. The largest absolute Gasteiger partial charge is 0.496 e. The third-order valence-electron chi connectivity index (χ3n) is 2.15. The summed E-state index contributed by atoms with van der Waals surface area (Å²) < 4.78 is 10.6. The lowest BCUT2D eigenvalue weighted by Crippen LogP contribution is -2.05. The van der Waals surface area contributed by atoms with Crippen molar-refractivity contribution in [1.29, 1.82) is 0 Å². The van der Waals surface area contributed by atoms with E-state index in [4.69, 9.17) is 21.6 Å². The first-order valence-electron chi connectivity index (χ1n) is 4.84. The molecule has 1 rings (SSSR count). The van der Waals surface area contributed by atoms with Crippen LogP contribution in [0.4, 0.5) is 0 Å². The lowest BCUT2D eigenvalue weighted by molar-refractivity contribution is 0.390. The zero-order valence-electron chi connectivity index (χ0n) is 9.45. The molecule has 0 aliphatic rings. The van der Waals surface area contributed by atoms with Crippen molar-refractivity contribution >= 4 is 11.8 Å². The number of hydrogen-bond acceptors (Lipinski definition) is 4. The first-order chi connectivity index (χ1) is 7.76. The van der Waals surface area contributed by atoms with Crippen LogP contribution in [0, 0.1) is 11.7 Å². The van der Waals surface area contributed by atoms with Gasteiger partial charge in [-0.05, 0) is 47.7 Å². The number of methoxy groups -OCH3 is 2. The summed E-state index contributed by atoms with van der Waals surface area (Å²) in [6.07, 6.45) is 6.02. The Morgan fingerprint density at radius 3 is 2.50 bits per heavy atom. The number of thioether (sulfide) groups is 1. The minimum atomic E-state index is 0.571. The molecular weight excluding hydrogens is 222 g/mol.